The van der Waals surface area contributed by atoms with Gasteiger partial charge in [0, 0.05) is 18.8 Å². The first-order valence-electron chi connectivity index (χ1n) is 11.6. The quantitative estimate of drug-likeness (QED) is 0.522. The van der Waals surface area contributed by atoms with Crippen molar-refractivity contribution in [2.75, 3.05) is 13.2 Å². The Balaban J connectivity index is 0.00000218. The maximum atomic E-state index is 11.5. The molecule has 6 atom stereocenters. The summed E-state index contributed by atoms with van der Waals surface area (Å²) in [4.78, 5) is 11.0. The standard InChI is InChI=1S/C24H36O5.Li/c1-21-11-12-24(28-13-14-29-24)15-16(21)3-4-17-18(21)5-8-22(2)19(17)6-9-23(22,27)10-7-20(25)26;/h3,17-19,27H,4-15H2,1-2H3,(H,25,26);/q;+1/p-1/t17?,18?,19?,21-,22-,23+;/m0./s1. The fourth-order valence-corrected chi connectivity index (χ4v) is 8.18. The van der Waals surface area contributed by atoms with Crippen molar-refractivity contribution in [1.82, 2.24) is 0 Å². The van der Waals surface area contributed by atoms with Crippen LogP contribution in [0, 0.1) is 28.6 Å². The summed E-state index contributed by atoms with van der Waals surface area (Å²) in [6.45, 7) is 6.10. The summed E-state index contributed by atoms with van der Waals surface area (Å²) in [5, 5.41) is 22.5. The molecule has 0 bridgehead atoms. The number of aliphatic carboxylic acids is 1. The van der Waals surface area contributed by atoms with Gasteiger partial charge in [0.1, 0.15) is 0 Å². The predicted octanol–water partition coefficient (Wildman–Crippen LogP) is -0.0425. The maximum absolute atomic E-state index is 11.5. The van der Waals surface area contributed by atoms with Gasteiger partial charge in [-0.3, -0.25) is 0 Å². The van der Waals surface area contributed by atoms with E-state index in [1.54, 1.807) is 0 Å². The first-order valence-corrected chi connectivity index (χ1v) is 11.6. The van der Waals surface area contributed by atoms with E-state index < -0.39 is 11.6 Å². The second-order valence-electron chi connectivity index (χ2n) is 10.9. The van der Waals surface area contributed by atoms with Crippen LogP contribution in [0.2, 0.25) is 0 Å². The van der Waals surface area contributed by atoms with Crippen molar-refractivity contribution >= 4 is 5.97 Å². The van der Waals surface area contributed by atoms with Crippen molar-refractivity contribution in [3.05, 3.63) is 11.6 Å². The topological polar surface area (TPSA) is 78.8 Å². The summed E-state index contributed by atoms with van der Waals surface area (Å²) in [6.07, 6.45) is 10.7. The molecule has 0 aromatic carbocycles. The van der Waals surface area contributed by atoms with Crippen LogP contribution < -0.4 is 24.0 Å². The molecule has 0 radical (unpaired) electrons. The molecular formula is C24H35LiO5. The van der Waals surface area contributed by atoms with Crippen molar-refractivity contribution in [2.24, 2.45) is 28.6 Å². The van der Waals surface area contributed by atoms with Gasteiger partial charge in [-0.05, 0) is 80.0 Å². The number of ether oxygens (including phenoxy) is 2. The van der Waals surface area contributed by atoms with Crippen LogP contribution in [0.3, 0.4) is 0 Å². The van der Waals surface area contributed by atoms with Crippen molar-refractivity contribution < 1.29 is 43.3 Å². The zero-order valence-corrected chi connectivity index (χ0v) is 18.9. The van der Waals surface area contributed by atoms with Crippen molar-refractivity contribution in [2.45, 2.75) is 89.4 Å². The molecule has 1 aliphatic heterocycles. The molecule has 1 saturated heterocycles. The molecule has 162 valence electrons. The van der Waals surface area contributed by atoms with Crippen molar-refractivity contribution in [1.29, 1.82) is 0 Å². The molecule has 3 saturated carbocycles. The molecule has 6 heteroatoms. The van der Waals surface area contributed by atoms with Gasteiger partial charge in [0.25, 0.3) is 0 Å². The normalized spacial score (nSPS) is 46.4. The summed E-state index contributed by atoms with van der Waals surface area (Å²) >= 11 is 0. The van der Waals surface area contributed by atoms with Crippen LogP contribution >= 0.6 is 0 Å². The number of carboxylic acids is 1. The molecular weight excluding hydrogens is 375 g/mol. The maximum Gasteiger partial charge on any atom is 1.00 e. The third-order valence-electron chi connectivity index (χ3n) is 9.99. The second-order valence-corrected chi connectivity index (χ2v) is 10.9. The number of carbonyl (C=O) groups excluding carboxylic acids is 1. The van der Waals surface area contributed by atoms with Crippen LogP contribution in [0.4, 0.5) is 0 Å². The number of carbonyl (C=O) groups is 1. The molecule has 1 N–H and O–H groups in total. The molecule has 4 aliphatic carbocycles. The van der Waals surface area contributed by atoms with E-state index in [-0.39, 0.29) is 41.9 Å². The monoisotopic (exact) mass is 410 g/mol. The molecule has 5 aliphatic rings. The van der Waals surface area contributed by atoms with Gasteiger partial charge in [-0.2, -0.15) is 0 Å². The Labute approximate surface area is 192 Å². The van der Waals surface area contributed by atoms with E-state index >= 15 is 0 Å². The van der Waals surface area contributed by atoms with Crippen molar-refractivity contribution in [3.63, 3.8) is 0 Å². The first-order chi connectivity index (χ1) is 13.7. The molecule has 30 heavy (non-hydrogen) atoms. The summed E-state index contributed by atoms with van der Waals surface area (Å²) < 4.78 is 12.0. The van der Waals surface area contributed by atoms with Gasteiger partial charge in [-0.25, -0.2) is 0 Å². The minimum Gasteiger partial charge on any atom is -0.550 e. The zero-order chi connectivity index (χ0) is 20.5. The molecule has 0 aromatic heterocycles. The Bertz CT molecular complexity index is 731. The Morgan fingerprint density at radius 3 is 2.53 bits per heavy atom. The van der Waals surface area contributed by atoms with Gasteiger partial charge in [0.05, 0.1) is 18.8 Å². The summed E-state index contributed by atoms with van der Waals surface area (Å²) in [7, 11) is 0. The molecule has 4 fully saturated rings. The van der Waals surface area contributed by atoms with Crippen LogP contribution in [0.1, 0.15) is 78.1 Å². The van der Waals surface area contributed by atoms with Gasteiger partial charge in [0.2, 0.25) is 0 Å². The first kappa shape index (κ1) is 22.9. The fraction of sp³-hybridized carbons (Fsp3) is 0.875. The van der Waals surface area contributed by atoms with E-state index in [2.05, 4.69) is 19.9 Å². The average Bonchev–Trinajstić information content (AvgIpc) is 3.24. The van der Waals surface area contributed by atoms with Gasteiger partial charge >= 0.3 is 18.9 Å². The smallest absolute Gasteiger partial charge is 0.550 e. The van der Waals surface area contributed by atoms with Crippen LogP contribution in [-0.2, 0) is 14.3 Å². The second kappa shape index (κ2) is 7.63. The molecule has 5 nitrogen and oxygen atoms in total. The van der Waals surface area contributed by atoms with Crippen LogP contribution in [0.25, 0.3) is 0 Å². The van der Waals surface area contributed by atoms with Crippen LogP contribution in [0.5, 0.6) is 0 Å². The summed E-state index contributed by atoms with van der Waals surface area (Å²) in [5.41, 5.74) is 0.686. The van der Waals surface area contributed by atoms with E-state index in [0.717, 1.165) is 51.4 Å². The minimum absolute atomic E-state index is 0. The Morgan fingerprint density at radius 2 is 1.83 bits per heavy atom. The van der Waals surface area contributed by atoms with Crippen LogP contribution in [-0.4, -0.2) is 35.7 Å². The largest absolute Gasteiger partial charge is 1.00 e. The average molecular weight is 410 g/mol. The SMILES string of the molecule is C[C@]12CCC3(CC1=CCC1C2CC[C@@]2(C)C1CC[C@@]2(O)CCC(=O)[O-])OCCO3.[Li+]. The number of carboxylic acid groups (broad SMARTS) is 1. The Kier molecular flexibility index (Phi) is 5.82. The van der Waals surface area contributed by atoms with Gasteiger partial charge in [-0.1, -0.05) is 25.5 Å². The molecule has 3 unspecified atom stereocenters. The van der Waals surface area contributed by atoms with E-state index in [1.807, 2.05) is 0 Å². The van der Waals surface area contributed by atoms with Gasteiger partial charge < -0.3 is 24.5 Å². The van der Waals surface area contributed by atoms with Gasteiger partial charge in [-0.15, -0.1) is 0 Å². The third kappa shape index (κ3) is 3.18. The Morgan fingerprint density at radius 1 is 1.13 bits per heavy atom. The number of hydrogen-bond acceptors (Lipinski definition) is 5. The number of hydrogen-bond donors (Lipinski definition) is 1. The summed E-state index contributed by atoms with van der Waals surface area (Å²) in [6, 6.07) is 0. The number of aliphatic hydroxyl groups is 1. The fourth-order valence-electron chi connectivity index (χ4n) is 8.18. The van der Waals surface area contributed by atoms with E-state index in [9.17, 15) is 15.0 Å². The molecule has 1 spiro atoms. The molecule has 0 amide bonds. The predicted molar refractivity (Wildman–Crippen MR) is 106 cm³/mol. The third-order valence-corrected chi connectivity index (χ3v) is 9.99. The molecule has 0 aromatic rings. The number of rotatable bonds is 3. The molecule has 5 rings (SSSR count). The summed E-state index contributed by atoms with van der Waals surface area (Å²) in [5.74, 6) is 0.267. The van der Waals surface area contributed by atoms with E-state index in [0.29, 0.717) is 37.4 Å². The van der Waals surface area contributed by atoms with Crippen LogP contribution in [0.15, 0.2) is 11.6 Å². The number of fused-ring (bicyclic) bond motifs is 5. The van der Waals surface area contributed by atoms with E-state index in [1.165, 1.54) is 5.57 Å². The molecule has 1 heterocycles. The van der Waals surface area contributed by atoms with E-state index in [4.69, 9.17) is 9.47 Å². The van der Waals surface area contributed by atoms with Gasteiger partial charge in [0.15, 0.2) is 5.79 Å². The minimum atomic E-state index is -1.05. The number of allylic oxidation sites excluding steroid dienone is 1. The zero-order valence-electron chi connectivity index (χ0n) is 18.9. The van der Waals surface area contributed by atoms with Crippen molar-refractivity contribution in [3.8, 4) is 0 Å². The Hall–Kier alpha value is -0.313.